The Morgan fingerprint density at radius 2 is 2.10 bits per heavy atom. The van der Waals surface area contributed by atoms with E-state index in [0.717, 1.165) is 24.0 Å². The highest BCUT2D eigenvalue weighted by Gasteiger charge is 2.33. The first-order valence-corrected chi connectivity index (χ1v) is 7.66. The van der Waals surface area contributed by atoms with Gasteiger partial charge in [-0.25, -0.2) is 0 Å². The molecule has 1 aliphatic heterocycles. The van der Waals surface area contributed by atoms with Crippen LogP contribution in [0.1, 0.15) is 37.8 Å². The Morgan fingerprint density at radius 1 is 1.43 bits per heavy atom. The van der Waals surface area contributed by atoms with Gasteiger partial charge in [-0.15, -0.1) is 12.4 Å². The molecule has 1 unspecified atom stereocenters. The lowest BCUT2D eigenvalue weighted by molar-refractivity contribution is -0.137. The molecular formula is C15H21Cl3N2O. The van der Waals surface area contributed by atoms with Gasteiger partial charge in [0.1, 0.15) is 0 Å². The zero-order valence-corrected chi connectivity index (χ0v) is 14.6. The van der Waals surface area contributed by atoms with Gasteiger partial charge in [0.25, 0.3) is 0 Å². The second-order valence-electron chi connectivity index (χ2n) is 5.67. The molecule has 0 spiro atoms. The quantitative estimate of drug-likeness (QED) is 0.900. The topological polar surface area (TPSA) is 46.3 Å². The number of halogens is 3. The van der Waals surface area contributed by atoms with Crippen LogP contribution in [-0.4, -0.2) is 22.9 Å². The number of hydrogen-bond donors (Lipinski definition) is 1. The van der Waals surface area contributed by atoms with Crippen LogP contribution in [0.15, 0.2) is 12.1 Å². The van der Waals surface area contributed by atoms with Gasteiger partial charge in [0.15, 0.2) is 0 Å². The number of nitrogens with zero attached hydrogens (tertiary/aromatic N) is 1. The van der Waals surface area contributed by atoms with E-state index in [1.165, 1.54) is 0 Å². The van der Waals surface area contributed by atoms with Gasteiger partial charge in [0, 0.05) is 23.1 Å². The Balaban J connectivity index is 0.00000220. The lowest BCUT2D eigenvalue weighted by Gasteiger charge is -2.35. The van der Waals surface area contributed by atoms with Gasteiger partial charge in [0.05, 0.1) is 5.54 Å². The van der Waals surface area contributed by atoms with Crippen LogP contribution in [0.3, 0.4) is 0 Å². The molecule has 21 heavy (non-hydrogen) atoms. The first-order valence-electron chi connectivity index (χ1n) is 6.90. The Kier molecular flexibility index (Phi) is 6.36. The van der Waals surface area contributed by atoms with E-state index >= 15 is 0 Å². The first-order chi connectivity index (χ1) is 9.35. The van der Waals surface area contributed by atoms with Crippen molar-refractivity contribution in [3.05, 3.63) is 33.3 Å². The third-order valence-electron chi connectivity index (χ3n) is 3.80. The summed E-state index contributed by atoms with van der Waals surface area (Å²) in [6.07, 6.45) is 2.34. The summed E-state index contributed by atoms with van der Waals surface area (Å²) in [5.41, 5.74) is 7.45. The van der Waals surface area contributed by atoms with Crippen LogP contribution < -0.4 is 5.73 Å². The van der Waals surface area contributed by atoms with E-state index in [0.29, 0.717) is 29.6 Å². The van der Waals surface area contributed by atoms with Gasteiger partial charge in [-0.3, -0.25) is 4.79 Å². The van der Waals surface area contributed by atoms with Crippen molar-refractivity contribution < 1.29 is 4.79 Å². The fourth-order valence-corrected chi connectivity index (χ4v) is 3.34. The van der Waals surface area contributed by atoms with Crippen LogP contribution in [0, 0.1) is 0 Å². The Hall–Kier alpha value is -0.480. The second-order valence-corrected chi connectivity index (χ2v) is 6.51. The smallest absolute Gasteiger partial charge is 0.242 e. The highest BCUT2D eigenvalue weighted by atomic mass is 35.5. The van der Waals surface area contributed by atoms with Crippen LogP contribution in [-0.2, 0) is 17.8 Å². The summed E-state index contributed by atoms with van der Waals surface area (Å²) in [5.74, 6) is -0.00369. The molecule has 3 nitrogen and oxygen atoms in total. The van der Waals surface area contributed by atoms with E-state index in [4.69, 9.17) is 28.9 Å². The van der Waals surface area contributed by atoms with Crippen LogP contribution >= 0.6 is 35.6 Å². The minimum atomic E-state index is -0.800. The van der Waals surface area contributed by atoms with Crippen molar-refractivity contribution in [3.63, 3.8) is 0 Å². The number of carbonyl (C=O) groups excluding carboxylic acids is 1. The van der Waals surface area contributed by atoms with E-state index in [2.05, 4.69) is 0 Å². The van der Waals surface area contributed by atoms with Gasteiger partial charge in [-0.1, -0.05) is 36.5 Å². The van der Waals surface area contributed by atoms with Crippen molar-refractivity contribution in [2.45, 2.75) is 45.2 Å². The molecule has 2 rings (SSSR count). The Morgan fingerprint density at radius 3 is 2.71 bits per heavy atom. The highest BCUT2D eigenvalue weighted by Crippen LogP contribution is 2.30. The molecule has 6 heteroatoms. The average molecular weight is 352 g/mol. The summed E-state index contributed by atoms with van der Waals surface area (Å²) < 4.78 is 0. The number of carbonyl (C=O) groups is 1. The summed E-state index contributed by atoms with van der Waals surface area (Å²) in [7, 11) is 0. The summed E-state index contributed by atoms with van der Waals surface area (Å²) in [5, 5.41) is 1.27. The molecule has 0 saturated carbocycles. The van der Waals surface area contributed by atoms with Crippen molar-refractivity contribution in [1.82, 2.24) is 4.90 Å². The monoisotopic (exact) mass is 350 g/mol. The van der Waals surface area contributed by atoms with Crippen LogP contribution in [0.5, 0.6) is 0 Å². The maximum absolute atomic E-state index is 12.5. The molecule has 0 bridgehead atoms. The first kappa shape index (κ1) is 18.6. The number of rotatable bonds is 3. The summed E-state index contributed by atoms with van der Waals surface area (Å²) >= 11 is 12.2. The van der Waals surface area contributed by atoms with Crippen molar-refractivity contribution in [1.29, 1.82) is 0 Å². The van der Waals surface area contributed by atoms with Crippen LogP contribution in [0.4, 0.5) is 0 Å². The molecule has 1 aliphatic rings. The summed E-state index contributed by atoms with van der Waals surface area (Å²) in [4.78, 5) is 14.3. The minimum absolute atomic E-state index is 0. The number of nitrogens with two attached hydrogens (primary N) is 1. The number of fused-ring (bicyclic) bond motifs is 1. The van der Waals surface area contributed by atoms with E-state index in [1.807, 2.05) is 13.0 Å². The standard InChI is InChI=1S/C15H20Cl2N2O.ClH/c1-3-5-15(2,18)14(20)19-6-4-10-7-11(16)8-13(17)12(10)9-19;/h7-8H,3-6,9,18H2,1-2H3;1H. The molecule has 0 fully saturated rings. The van der Waals surface area contributed by atoms with Gasteiger partial charge in [-0.2, -0.15) is 0 Å². The SMILES string of the molecule is CCCC(C)(N)C(=O)N1CCc2cc(Cl)cc(Cl)c2C1.Cl. The number of benzene rings is 1. The largest absolute Gasteiger partial charge is 0.336 e. The summed E-state index contributed by atoms with van der Waals surface area (Å²) in [6, 6.07) is 3.65. The van der Waals surface area contributed by atoms with Crippen molar-refractivity contribution in [3.8, 4) is 0 Å². The molecule has 1 atom stereocenters. The molecular weight excluding hydrogens is 331 g/mol. The zero-order chi connectivity index (χ0) is 14.9. The summed E-state index contributed by atoms with van der Waals surface area (Å²) in [6.45, 7) is 5.01. The van der Waals surface area contributed by atoms with E-state index in [-0.39, 0.29) is 18.3 Å². The third kappa shape index (κ3) is 4.04. The molecule has 118 valence electrons. The minimum Gasteiger partial charge on any atom is -0.336 e. The molecule has 1 heterocycles. The van der Waals surface area contributed by atoms with Crippen LogP contribution in [0.25, 0.3) is 0 Å². The van der Waals surface area contributed by atoms with E-state index < -0.39 is 5.54 Å². The normalized spacial score (nSPS) is 16.7. The molecule has 0 saturated heterocycles. The predicted octanol–water partition coefficient (Wildman–Crippen LogP) is 3.82. The highest BCUT2D eigenvalue weighted by molar-refractivity contribution is 6.35. The van der Waals surface area contributed by atoms with Gasteiger partial charge >= 0.3 is 0 Å². The van der Waals surface area contributed by atoms with E-state index in [9.17, 15) is 4.79 Å². The van der Waals surface area contributed by atoms with Gasteiger partial charge < -0.3 is 10.6 Å². The third-order valence-corrected chi connectivity index (χ3v) is 4.35. The number of amides is 1. The Bertz CT molecular complexity index is 532. The van der Waals surface area contributed by atoms with Gasteiger partial charge in [-0.05, 0) is 43.0 Å². The molecule has 2 N–H and O–H groups in total. The molecule has 1 aromatic carbocycles. The molecule has 0 radical (unpaired) electrons. The van der Waals surface area contributed by atoms with Crippen molar-refractivity contribution >= 4 is 41.5 Å². The maximum atomic E-state index is 12.5. The van der Waals surface area contributed by atoms with Gasteiger partial charge in [0.2, 0.25) is 5.91 Å². The number of hydrogen-bond acceptors (Lipinski definition) is 2. The Labute approximate surface area is 142 Å². The van der Waals surface area contributed by atoms with Crippen molar-refractivity contribution in [2.24, 2.45) is 5.73 Å². The van der Waals surface area contributed by atoms with E-state index in [1.54, 1.807) is 17.9 Å². The molecule has 0 aromatic heterocycles. The lowest BCUT2D eigenvalue weighted by atomic mass is 9.93. The fourth-order valence-electron chi connectivity index (χ4n) is 2.74. The van der Waals surface area contributed by atoms with Crippen LogP contribution in [0.2, 0.25) is 10.0 Å². The van der Waals surface area contributed by atoms with Crippen molar-refractivity contribution in [2.75, 3.05) is 6.54 Å². The molecule has 0 aliphatic carbocycles. The predicted molar refractivity (Wildman–Crippen MR) is 90.3 cm³/mol. The average Bonchev–Trinajstić information content (AvgIpc) is 2.37. The zero-order valence-electron chi connectivity index (χ0n) is 12.3. The maximum Gasteiger partial charge on any atom is 0.242 e. The second kappa shape index (κ2) is 7.19. The lowest BCUT2D eigenvalue weighted by Crippen LogP contribution is -2.54. The molecule has 1 amide bonds. The fraction of sp³-hybridized carbons (Fsp3) is 0.533. The molecule has 1 aromatic rings.